The van der Waals surface area contributed by atoms with Crippen LogP contribution in [0.5, 0.6) is 0 Å². The van der Waals surface area contributed by atoms with Gasteiger partial charge in [-0.15, -0.1) is 0 Å². The van der Waals surface area contributed by atoms with E-state index in [9.17, 15) is 0 Å². The van der Waals surface area contributed by atoms with Crippen molar-refractivity contribution in [3.63, 3.8) is 0 Å². The molecule has 1 heteroatoms. The molecule has 0 saturated heterocycles. The number of hydrogen-bond acceptors (Lipinski definition) is 0. The summed E-state index contributed by atoms with van der Waals surface area (Å²) < 4.78 is 3.99. The first-order valence-electron chi connectivity index (χ1n) is 6.21. The van der Waals surface area contributed by atoms with Gasteiger partial charge in [-0.2, -0.15) is 0 Å². The average molecular weight is 338 g/mol. The molecule has 0 nitrogen and oxygen atoms in total. The van der Waals surface area contributed by atoms with Crippen molar-refractivity contribution in [2.45, 2.75) is 26.2 Å². The van der Waals surface area contributed by atoms with E-state index < -0.39 is 0 Å². The van der Waals surface area contributed by atoms with E-state index in [1.807, 2.05) is 0 Å². The van der Waals surface area contributed by atoms with Crippen molar-refractivity contribution in [3.05, 3.63) is 52.7 Å². The molecule has 0 fully saturated rings. The van der Waals surface area contributed by atoms with Gasteiger partial charge in [0.15, 0.2) is 0 Å². The third-order valence-electron chi connectivity index (χ3n) is 2.77. The summed E-state index contributed by atoms with van der Waals surface area (Å²) >= 11 is -0.159. The van der Waals surface area contributed by atoms with E-state index in [2.05, 4.69) is 59.6 Å². The Bertz CT molecular complexity index is 494. The number of allylic oxidation sites excluding steroid dienone is 1. The maximum atomic E-state index is 2.43. The molecule has 0 atom stereocenters. The van der Waals surface area contributed by atoms with Gasteiger partial charge in [0.05, 0.1) is 0 Å². The number of fused-ring (bicyclic) bond motifs is 1. The van der Waals surface area contributed by atoms with Gasteiger partial charge in [-0.05, 0) is 0 Å². The predicted molar refractivity (Wildman–Crippen MR) is 78.0 cm³/mol. The van der Waals surface area contributed by atoms with Crippen molar-refractivity contribution < 1.29 is 0 Å². The van der Waals surface area contributed by atoms with Crippen LogP contribution in [0.15, 0.2) is 52.7 Å². The van der Waals surface area contributed by atoms with Gasteiger partial charge in [0.25, 0.3) is 0 Å². The van der Waals surface area contributed by atoms with E-state index >= 15 is 0 Å². The predicted octanol–water partition coefficient (Wildman–Crippen LogP) is 3.87. The fraction of sp³-hybridized carbons (Fsp3) is 0.250. The van der Waals surface area contributed by atoms with Crippen molar-refractivity contribution >= 4 is 35.3 Å². The topological polar surface area (TPSA) is 0 Å². The zero-order chi connectivity index (χ0) is 11.9. The summed E-state index contributed by atoms with van der Waals surface area (Å²) in [7, 11) is 0. The SMILES string of the molecule is CCCC/C=C\[Te]c1cccc2ccccc12. The second-order valence-corrected chi connectivity index (χ2v) is 6.81. The minimum absolute atomic E-state index is 0.159. The molecule has 17 heavy (non-hydrogen) atoms. The molecule has 0 bridgehead atoms. The van der Waals surface area contributed by atoms with Crippen LogP contribution < -0.4 is 3.61 Å². The molecule has 2 aromatic carbocycles. The summed E-state index contributed by atoms with van der Waals surface area (Å²) in [6, 6.07) is 15.4. The fourth-order valence-electron chi connectivity index (χ4n) is 1.81. The molecule has 0 aliphatic heterocycles. The standard InChI is InChI=1S/C16H18Te/c1-2-3-4-7-13-17-16-12-8-10-14-9-5-6-11-15(14)16/h5-13H,2-4H2,1H3/b13-7-. The van der Waals surface area contributed by atoms with Gasteiger partial charge in [0.2, 0.25) is 0 Å². The van der Waals surface area contributed by atoms with Gasteiger partial charge < -0.3 is 0 Å². The number of rotatable bonds is 5. The molecular weight excluding hydrogens is 320 g/mol. The fourth-order valence-corrected chi connectivity index (χ4v) is 4.23. The van der Waals surface area contributed by atoms with Crippen LogP contribution in [-0.2, 0) is 0 Å². The van der Waals surface area contributed by atoms with Crippen LogP contribution >= 0.6 is 0 Å². The summed E-state index contributed by atoms with van der Waals surface area (Å²) in [4.78, 5) is 0. The molecule has 0 amide bonds. The third kappa shape index (κ3) is 3.60. The van der Waals surface area contributed by atoms with Gasteiger partial charge in [-0.3, -0.25) is 0 Å². The third-order valence-corrected chi connectivity index (χ3v) is 5.44. The Kier molecular flexibility index (Phi) is 5.10. The summed E-state index contributed by atoms with van der Waals surface area (Å²) in [5.74, 6) is 0. The van der Waals surface area contributed by atoms with Gasteiger partial charge in [0.1, 0.15) is 0 Å². The summed E-state index contributed by atoms with van der Waals surface area (Å²) in [6.07, 6.45) is 6.22. The molecule has 0 N–H and O–H groups in total. The first kappa shape index (κ1) is 12.7. The average Bonchev–Trinajstić information content (AvgIpc) is 2.39. The van der Waals surface area contributed by atoms with Crippen LogP contribution in [0.25, 0.3) is 10.8 Å². The van der Waals surface area contributed by atoms with E-state index in [0.717, 1.165) is 0 Å². The Labute approximate surface area is 114 Å². The van der Waals surface area contributed by atoms with E-state index in [1.54, 1.807) is 3.61 Å². The van der Waals surface area contributed by atoms with Crippen molar-refractivity contribution in [1.82, 2.24) is 0 Å². The van der Waals surface area contributed by atoms with Crippen LogP contribution in [0.2, 0.25) is 0 Å². The molecule has 0 aliphatic rings. The monoisotopic (exact) mass is 340 g/mol. The zero-order valence-electron chi connectivity index (χ0n) is 10.2. The number of unbranched alkanes of at least 4 members (excludes halogenated alkanes) is 2. The number of benzene rings is 2. The molecule has 0 heterocycles. The van der Waals surface area contributed by atoms with E-state index in [-0.39, 0.29) is 20.9 Å². The normalized spacial score (nSPS) is 11.4. The second-order valence-electron chi connectivity index (χ2n) is 4.11. The van der Waals surface area contributed by atoms with Crippen LogP contribution in [0.1, 0.15) is 26.2 Å². The molecule has 0 aliphatic carbocycles. The molecule has 88 valence electrons. The summed E-state index contributed by atoms with van der Waals surface area (Å²) in [6.45, 7) is 2.25. The molecule has 2 rings (SSSR count). The van der Waals surface area contributed by atoms with Crippen LogP contribution in [0.3, 0.4) is 0 Å². The van der Waals surface area contributed by atoms with Gasteiger partial charge in [-0.1, -0.05) is 0 Å². The Morgan fingerprint density at radius 1 is 1.06 bits per heavy atom. The Morgan fingerprint density at radius 2 is 1.88 bits per heavy atom. The minimum atomic E-state index is -0.159. The van der Waals surface area contributed by atoms with Crippen molar-refractivity contribution in [2.24, 2.45) is 0 Å². The molecule has 2 aromatic rings. The molecule has 0 saturated carbocycles. The van der Waals surface area contributed by atoms with Crippen LogP contribution in [0.4, 0.5) is 0 Å². The quantitative estimate of drug-likeness (QED) is 0.574. The Hall–Kier alpha value is -0.770. The van der Waals surface area contributed by atoms with Crippen molar-refractivity contribution in [2.75, 3.05) is 0 Å². The van der Waals surface area contributed by atoms with E-state index in [0.29, 0.717) is 0 Å². The van der Waals surface area contributed by atoms with E-state index in [1.165, 1.54) is 30.0 Å². The summed E-state index contributed by atoms with van der Waals surface area (Å²) in [5, 5.41) is 2.81. The van der Waals surface area contributed by atoms with E-state index in [4.69, 9.17) is 0 Å². The second kappa shape index (κ2) is 6.84. The van der Waals surface area contributed by atoms with Gasteiger partial charge >= 0.3 is 114 Å². The Balaban J connectivity index is 2.10. The van der Waals surface area contributed by atoms with Crippen molar-refractivity contribution in [1.29, 1.82) is 0 Å². The molecule has 0 aromatic heterocycles. The molecule has 0 radical (unpaired) electrons. The zero-order valence-corrected chi connectivity index (χ0v) is 12.6. The number of hydrogen-bond donors (Lipinski definition) is 0. The van der Waals surface area contributed by atoms with Gasteiger partial charge in [-0.25, -0.2) is 0 Å². The van der Waals surface area contributed by atoms with Gasteiger partial charge in [0, 0.05) is 0 Å². The molecule has 0 unspecified atom stereocenters. The molecular formula is C16H18Te. The Morgan fingerprint density at radius 3 is 2.76 bits per heavy atom. The van der Waals surface area contributed by atoms with Crippen LogP contribution in [0, 0.1) is 0 Å². The first-order chi connectivity index (χ1) is 8.42. The molecule has 0 spiro atoms. The maximum absolute atomic E-state index is 2.43. The van der Waals surface area contributed by atoms with Crippen molar-refractivity contribution in [3.8, 4) is 0 Å². The summed E-state index contributed by atoms with van der Waals surface area (Å²) in [5.41, 5.74) is 0. The first-order valence-corrected chi connectivity index (χ1v) is 8.72. The van der Waals surface area contributed by atoms with Crippen LogP contribution in [-0.4, -0.2) is 20.9 Å².